The lowest BCUT2D eigenvalue weighted by atomic mass is 9.84. The Morgan fingerprint density at radius 1 is 1.44 bits per heavy atom. The number of nitrogens with two attached hydrogens (primary N) is 1. The van der Waals surface area contributed by atoms with Crippen LogP contribution in [0.4, 0.5) is 0 Å². The number of hydrogen-bond acceptors (Lipinski definition) is 3. The van der Waals surface area contributed by atoms with Crippen LogP contribution in [0.5, 0.6) is 0 Å². The van der Waals surface area contributed by atoms with Gasteiger partial charge in [-0.1, -0.05) is 26.7 Å². The standard InChI is InChI=1S/C13H22N2O3/c1-5-6-15(9-11(16)17)12(18)10(8-14)7-13(2,3)4/h1,10H,6-9,14H2,2-4H3,(H,16,17). The molecular weight excluding hydrogens is 232 g/mol. The first kappa shape index (κ1) is 16.5. The van der Waals surface area contributed by atoms with Gasteiger partial charge in [0.2, 0.25) is 5.91 Å². The minimum absolute atomic E-state index is 0.00816. The average Bonchev–Trinajstić information content (AvgIpc) is 2.22. The molecule has 0 bridgehead atoms. The molecule has 0 aromatic rings. The number of carboxylic acids is 1. The molecule has 1 amide bonds. The lowest BCUT2D eigenvalue weighted by molar-refractivity contribution is -0.146. The topological polar surface area (TPSA) is 83.6 Å². The Bertz CT molecular complexity index is 339. The highest BCUT2D eigenvalue weighted by Crippen LogP contribution is 2.25. The van der Waals surface area contributed by atoms with Gasteiger partial charge in [0.05, 0.1) is 12.5 Å². The van der Waals surface area contributed by atoms with Crippen LogP contribution in [-0.2, 0) is 9.59 Å². The van der Waals surface area contributed by atoms with Crippen LogP contribution < -0.4 is 5.73 Å². The maximum atomic E-state index is 12.2. The van der Waals surface area contributed by atoms with Crippen molar-refractivity contribution in [2.24, 2.45) is 17.1 Å². The minimum atomic E-state index is -1.08. The third-order valence-corrected chi connectivity index (χ3v) is 2.41. The van der Waals surface area contributed by atoms with Gasteiger partial charge in [0, 0.05) is 6.54 Å². The highest BCUT2D eigenvalue weighted by molar-refractivity contribution is 5.83. The van der Waals surface area contributed by atoms with Crippen LogP contribution >= 0.6 is 0 Å². The molecule has 0 aromatic heterocycles. The van der Waals surface area contributed by atoms with E-state index in [1.54, 1.807) is 0 Å². The molecular formula is C13H22N2O3. The molecule has 0 aromatic carbocycles. The average molecular weight is 254 g/mol. The summed E-state index contributed by atoms with van der Waals surface area (Å²) >= 11 is 0. The van der Waals surface area contributed by atoms with E-state index in [1.165, 1.54) is 0 Å². The SMILES string of the molecule is C#CCN(CC(=O)O)C(=O)C(CN)CC(C)(C)C. The highest BCUT2D eigenvalue weighted by Gasteiger charge is 2.28. The van der Waals surface area contributed by atoms with Crippen LogP contribution in [0.25, 0.3) is 0 Å². The predicted octanol–water partition coefficient (Wildman–Crippen LogP) is 0.544. The van der Waals surface area contributed by atoms with E-state index in [4.69, 9.17) is 17.3 Å². The molecule has 0 aliphatic heterocycles. The molecule has 5 nitrogen and oxygen atoms in total. The first-order valence-electron chi connectivity index (χ1n) is 5.85. The molecule has 0 rings (SSSR count). The summed E-state index contributed by atoms with van der Waals surface area (Å²) < 4.78 is 0. The van der Waals surface area contributed by atoms with Crippen molar-refractivity contribution in [1.29, 1.82) is 0 Å². The highest BCUT2D eigenvalue weighted by atomic mass is 16.4. The van der Waals surface area contributed by atoms with Crippen LogP contribution in [0.1, 0.15) is 27.2 Å². The van der Waals surface area contributed by atoms with Gasteiger partial charge in [0.1, 0.15) is 6.54 Å². The summed E-state index contributed by atoms with van der Waals surface area (Å²) in [6.07, 6.45) is 5.74. The summed E-state index contributed by atoms with van der Waals surface area (Å²) in [4.78, 5) is 24.0. The smallest absolute Gasteiger partial charge is 0.323 e. The normalized spacial score (nSPS) is 12.6. The van der Waals surface area contributed by atoms with E-state index >= 15 is 0 Å². The third kappa shape index (κ3) is 6.26. The van der Waals surface area contributed by atoms with E-state index in [0.29, 0.717) is 6.42 Å². The second-order valence-electron chi connectivity index (χ2n) is 5.49. The number of rotatable bonds is 6. The van der Waals surface area contributed by atoms with Crippen molar-refractivity contribution in [1.82, 2.24) is 4.90 Å². The Labute approximate surface area is 108 Å². The zero-order valence-corrected chi connectivity index (χ0v) is 11.3. The molecule has 5 heteroatoms. The van der Waals surface area contributed by atoms with Crippen LogP contribution in [-0.4, -0.2) is 41.5 Å². The van der Waals surface area contributed by atoms with Gasteiger partial charge >= 0.3 is 5.97 Å². The second-order valence-corrected chi connectivity index (χ2v) is 5.49. The summed E-state index contributed by atoms with van der Waals surface area (Å²) in [6, 6.07) is 0. The Morgan fingerprint density at radius 3 is 2.33 bits per heavy atom. The molecule has 18 heavy (non-hydrogen) atoms. The molecule has 102 valence electrons. The number of terminal acetylenes is 1. The predicted molar refractivity (Wildman–Crippen MR) is 69.7 cm³/mol. The van der Waals surface area contributed by atoms with Crippen LogP contribution in [0, 0.1) is 23.7 Å². The van der Waals surface area contributed by atoms with Gasteiger partial charge in [0.15, 0.2) is 0 Å². The Hall–Kier alpha value is -1.54. The zero-order valence-electron chi connectivity index (χ0n) is 11.3. The fourth-order valence-electron chi connectivity index (χ4n) is 1.75. The molecule has 0 radical (unpaired) electrons. The minimum Gasteiger partial charge on any atom is -0.480 e. The largest absolute Gasteiger partial charge is 0.480 e. The van der Waals surface area contributed by atoms with Crippen molar-refractivity contribution in [3.8, 4) is 12.3 Å². The number of nitrogens with zero attached hydrogens (tertiary/aromatic N) is 1. The van der Waals surface area contributed by atoms with Gasteiger partial charge < -0.3 is 15.7 Å². The lowest BCUT2D eigenvalue weighted by Crippen LogP contribution is -2.43. The summed E-state index contributed by atoms with van der Waals surface area (Å²) in [7, 11) is 0. The van der Waals surface area contributed by atoms with Crippen molar-refractivity contribution >= 4 is 11.9 Å². The molecule has 0 saturated carbocycles. The molecule has 1 atom stereocenters. The van der Waals surface area contributed by atoms with Crippen molar-refractivity contribution in [3.63, 3.8) is 0 Å². The maximum absolute atomic E-state index is 12.2. The summed E-state index contributed by atoms with van der Waals surface area (Å²) in [5, 5.41) is 8.75. The molecule has 0 heterocycles. The fourth-order valence-corrected chi connectivity index (χ4v) is 1.75. The van der Waals surface area contributed by atoms with E-state index in [2.05, 4.69) is 5.92 Å². The molecule has 1 unspecified atom stereocenters. The molecule has 0 fully saturated rings. The first-order chi connectivity index (χ1) is 8.21. The van der Waals surface area contributed by atoms with Crippen molar-refractivity contribution in [3.05, 3.63) is 0 Å². The van der Waals surface area contributed by atoms with E-state index in [9.17, 15) is 9.59 Å². The number of carbonyl (C=O) groups is 2. The molecule has 3 N–H and O–H groups in total. The second kappa shape index (κ2) is 7.02. The summed E-state index contributed by atoms with van der Waals surface area (Å²) in [5.41, 5.74) is 5.55. The fraction of sp³-hybridized carbons (Fsp3) is 0.692. The molecule has 0 aliphatic carbocycles. The van der Waals surface area contributed by atoms with Crippen molar-refractivity contribution in [2.45, 2.75) is 27.2 Å². The molecule has 0 saturated heterocycles. The van der Waals surface area contributed by atoms with Crippen LogP contribution in [0.2, 0.25) is 0 Å². The van der Waals surface area contributed by atoms with E-state index in [-0.39, 0.29) is 31.0 Å². The number of amides is 1. The summed E-state index contributed by atoms with van der Waals surface area (Å²) in [6.45, 7) is 5.81. The lowest BCUT2D eigenvalue weighted by Gasteiger charge is -2.28. The number of aliphatic carboxylic acids is 1. The number of carboxylic acid groups (broad SMARTS) is 1. The van der Waals surface area contributed by atoms with Crippen molar-refractivity contribution in [2.75, 3.05) is 19.6 Å². The first-order valence-corrected chi connectivity index (χ1v) is 5.85. The van der Waals surface area contributed by atoms with Gasteiger partial charge in [-0.15, -0.1) is 6.42 Å². The van der Waals surface area contributed by atoms with E-state index < -0.39 is 11.9 Å². The molecule has 0 aliphatic rings. The quantitative estimate of drug-likeness (QED) is 0.678. The van der Waals surface area contributed by atoms with Gasteiger partial charge in [0.25, 0.3) is 0 Å². The van der Waals surface area contributed by atoms with Gasteiger partial charge in [-0.05, 0) is 11.8 Å². The van der Waals surface area contributed by atoms with Crippen LogP contribution in [0.15, 0.2) is 0 Å². The van der Waals surface area contributed by atoms with E-state index in [0.717, 1.165) is 4.90 Å². The Balaban J connectivity index is 4.81. The van der Waals surface area contributed by atoms with E-state index in [1.807, 2.05) is 20.8 Å². The molecule has 0 spiro atoms. The van der Waals surface area contributed by atoms with Gasteiger partial charge in [-0.2, -0.15) is 0 Å². The van der Waals surface area contributed by atoms with Crippen molar-refractivity contribution < 1.29 is 14.7 Å². The summed E-state index contributed by atoms with van der Waals surface area (Å²) in [5.74, 6) is 0.543. The van der Waals surface area contributed by atoms with Gasteiger partial charge in [-0.25, -0.2) is 0 Å². The Kier molecular flexibility index (Phi) is 6.42. The zero-order chi connectivity index (χ0) is 14.3. The third-order valence-electron chi connectivity index (χ3n) is 2.41. The van der Waals surface area contributed by atoms with Crippen LogP contribution in [0.3, 0.4) is 0 Å². The van der Waals surface area contributed by atoms with Gasteiger partial charge in [-0.3, -0.25) is 9.59 Å². The monoisotopic (exact) mass is 254 g/mol. The number of carbonyl (C=O) groups excluding carboxylic acids is 1. The Morgan fingerprint density at radius 2 is 2.00 bits per heavy atom. The maximum Gasteiger partial charge on any atom is 0.323 e. The number of hydrogen-bond donors (Lipinski definition) is 2.